The van der Waals surface area contributed by atoms with Gasteiger partial charge in [-0.25, -0.2) is 4.39 Å². The Kier molecular flexibility index (Phi) is 3.01. The minimum absolute atomic E-state index is 0.0118. The molecule has 0 bridgehead atoms. The maximum atomic E-state index is 13.1. The summed E-state index contributed by atoms with van der Waals surface area (Å²) in [5.74, 6) is -0.488. The molecule has 0 radical (unpaired) electrons. The van der Waals surface area contributed by atoms with Gasteiger partial charge in [0, 0.05) is 17.1 Å². The summed E-state index contributed by atoms with van der Waals surface area (Å²) in [6, 6.07) is 11.8. The molecule has 0 spiro atoms. The number of hydrogen-bond donors (Lipinski definition) is 2. The molecule has 96 valence electrons. The van der Waals surface area contributed by atoms with Crippen LogP contribution in [0.25, 0.3) is 10.9 Å². The van der Waals surface area contributed by atoms with Crippen LogP contribution in [0, 0.1) is 5.82 Å². The van der Waals surface area contributed by atoms with Gasteiger partial charge in [-0.3, -0.25) is 0 Å². The molecule has 0 aliphatic heterocycles. The van der Waals surface area contributed by atoms with Crippen molar-refractivity contribution >= 4 is 22.5 Å². The monoisotopic (exact) mass is 275 g/mol. The van der Waals surface area contributed by atoms with Crippen LogP contribution in [0.15, 0.2) is 48.7 Å². The number of halogens is 2. The third-order valence-corrected chi connectivity index (χ3v) is 3.47. The molecule has 4 heteroatoms. The number of aromatic nitrogens is 1. The number of rotatable bonds is 2. The lowest BCUT2D eigenvalue weighted by Crippen LogP contribution is -2.00. The zero-order chi connectivity index (χ0) is 13.4. The van der Waals surface area contributed by atoms with Gasteiger partial charge in [-0.15, -0.1) is 0 Å². The maximum absolute atomic E-state index is 13.1. The second-order valence-corrected chi connectivity index (χ2v) is 4.77. The Morgan fingerprint density at radius 2 is 2.00 bits per heavy atom. The second-order valence-electron chi connectivity index (χ2n) is 4.36. The third-order valence-electron chi connectivity index (χ3n) is 3.18. The predicted molar refractivity (Wildman–Crippen MR) is 73.8 cm³/mol. The Morgan fingerprint density at radius 3 is 2.79 bits per heavy atom. The second kappa shape index (κ2) is 4.68. The lowest BCUT2D eigenvalue weighted by molar-refractivity contribution is 0.222. The molecular formula is C15H11ClFNO. The van der Waals surface area contributed by atoms with Crippen molar-refractivity contribution in [2.24, 2.45) is 0 Å². The molecule has 2 aromatic carbocycles. The first-order valence-electron chi connectivity index (χ1n) is 5.86. The maximum Gasteiger partial charge on any atom is 0.141 e. The summed E-state index contributed by atoms with van der Waals surface area (Å²) in [4.78, 5) is 3.09. The molecular weight excluding hydrogens is 265 g/mol. The molecule has 1 atom stereocenters. The van der Waals surface area contributed by atoms with Gasteiger partial charge in [-0.1, -0.05) is 29.8 Å². The van der Waals surface area contributed by atoms with Gasteiger partial charge >= 0.3 is 0 Å². The van der Waals surface area contributed by atoms with Crippen LogP contribution in [-0.2, 0) is 0 Å². The van der Waals surface area contributed by atoms with E-state index >= 15 is 0 Å². The van der Waals surface area contributed by atoms with Crippen LogP contribution in [0.2, 0.25) is 5.02 Å². The van der Waals surface area contributed by atoms with E-state index in [1.54, 1.807) is 0 Å². The number of nitrogens with one attached hydrogen (secondary N) is 1. The number of aliphatic hydroxyl groups excluding tert-OH is 1. The van der Waals surface area contributed by atoms with E-state index in [4.69, 9.17) is 11.6 Å². The van der Waals surface area contributed by atoms with E-state index in [2.05, 4.69) is 4.98 Å². The van der Waals surface area contributed by atoms with Crippen LogP contribution in [0.5, 0.6) is 0 Å². The van der Waals surface area contributed by atoms with Crippen molar-refractivity contribution in [2.45, 2.75) is 6.10 Å². The quantitative estimate of drug-likeness (QED) is 0.727. The highest BCUT2D eigenvalue weighted by molar-refractivity contribution is 6.30. The molecule has 0 fully saturated rings. The van der Waals surface area contributed by atoms with E-state index in [0.717, 1.165) is 16.5 Å². The zero-order valence-corrected chi connectivity index (χ0v) is 10.7. The Morgan fingerprint density at radius 1 is 1.16 bits per heavy atom. The summed E-state index contributed by atoms with van der Waals surface area (Å²) in [5.41, 5.74) is 2.28. The van der Waals surface area contributed by atoms with Crippen molar-refractivity contribution in [3.8, 4) is 0 Å². The lowest BCUT2D eigenvalue weighted by Gasteiger charge is -2.13. The molecule has 0 aliphatic carbocycles. The number of aromatic amines is 1. The average Bonchev–Trinajstić information content (AvgIpc) is 2.89. The van der Waals surface area contributed by atoms with E-state index in [1.165, 1.54) is 18.2 Å². The summed E-state index contributed by atoms with van der Waals surface area (Å²) in [5, 5.41) is 11.4. The van der Waals surface area contributed by atoms with Crippen molar-refractivity contribution in [1.82, 2.24) is 4.98 Å². The van der Waals surface area contributed by atoms with Crippen molar-refractivity contribution in [3.63, 3.8) is 0 Å². The summed E-state index contributed by atoms with van der Waals surface area (Å²) in [6.07, 6.45) is 0.982. The third kappa shape index (κ3) is 2.11. The highest BCUT2D eigenvalue weighted by Crippen LogP contribution is 2.30. The Bertz CT molecular complexity index is 738. The molecule has 19 heavy (non-hydrogen) atoms. The largest absolute Gasteiger partial charge is 0.384 e. The molecule has 3 rings (SSSR count). The smallest absolute Gasteiger partial charge is 0.141 e. The lowest BCUT2D eigenvalue weighted by atomic mass is 9.98. The highest BCUT2D eigenvalue weighted by atomic mass is 35.5. The van der Waals surface area contributed by atoms with Gasteiger partial charge in [-0.05, 0) is 35.4 Å². The van der Waals surface area contributed by atoms with Crippen LogP contribution in [0.4, 0.5) is 4.39 Å². The van der Waals surface area contributed by atoms with Crippen molar-refractivity contribution < 1.29 is 9.50 Å². The SMILES string of the molecule is OC(c1ccc(F)c(Cl)c1)c1cccc2[nH]ccc12. The van der Waals surface area contributed by atoms with Gasteiger partial charge < -0.3 is 10.1 Å². The first kappa shape index (κ1) is 12.2. The van der Waals surface area contributed by atoms with Crippen LogP contribution in [0.1, 0.15) is 17.2 Å². The minimum Gasteiger partial charge on any atom is -0.384 e. The fraction of sp³-hybridized carbons (Fsp3) is 0.0667. The van der Waals surface area contributed by atoms with Crippen LogP contribution >= 0.6 is 11.6 Å². The predicted octanol–water partition coefficient (Wildman–Crippen LogP) is 4.04. The average molecular weight is 276 g/mol. The van der Waals surface area contributed by atoms with Gasteiger partial charge in [0.15, 0.2) is 0 Å². The van der Waals surface area contributed by atoms with Crippen molar-refractivity contribution in [2.75, 3.05) is 0 Å². The van der Waals surface area contributed by atoms with E-state index in [9.17, 15) is 9.50 Å². The van der Waals surface area contributed by atoms with Crippen LogP contribution in [0.3, 0.4) is 0 Å². The molecule has 0 aliphatic rings. The molecule has 0 amide bonds. The first-order valence-corrected chi connectivity index (χ1v) is 6.23. The van der Waals surface area contributed by atoms with Gasteiger partial charge in [0.25, 0.3) is 0 Å². The standard InChI is InChI=1S/C15H11ClFNO/c16-12-8-9(4-5-13(12)17)15(19)11-2-1-3-14-10(11)6-7-18-14/h1-8,15,18-19H. The molecule has 2 N–H and O–H groups in total. The Labute approximate surface area is 114 Å². The summed E-state index contributed by atoms with van der Waals surface area (Å²) >= 11 is 5.75. The molecule has 0 saturated carbocycles. The number of hydrogen-bond acceptors (Lipinski definition) is 1. The van der Waals surface area contributed by atoms with Crippen molar-refractivity contribution in [1.29, 1.82) is 0 Å². The molecule has 3 aromatic rings. The summed E-state index contributed by atoms with van der Waals surface area (Å²) < 4.78 is 13.1. The van der Waals surface area contributed by atoms with E-state index < -0.39 is 11.9 Å². The van der Waals surface area contributed by atoms with Gasteiger partial charge in [-0.2, -0.15) is 0 Å². The van der Waals surface area contributed by atoms with Gasteiger partial charge in [0.05, 0.1) is 5.02 Å². The normalized spacial score (nSPS) is 12.8. The first-order chi connectivity index (χ1) is 9.16. The highest BCUT2D eigenvalue weighted by Gasteiger charge is 2.15. The molecule has 0 saturated heterocycles. The Hall–Kier alpha value is -1.84. The molecule has 1 unspecified atom stereocenters. The Balaban J connectivity index is 2.10. The molecule has 2 nitrogen and oxygen atoms in total. The zero-order valence-electron chi connectivity index (χ0n) is 9.90. The van der Waals surface area contributed by atoms with E-state index in [1.807, 2.05) is 30.5 Å². The summed E-state index contributed by atoms with van der Waals surface area (Å²) in [6.45, 7) is 0. The molecule has 1 heterocycles. The number of benzene rings is 2. The van der Waals surface area contributed by atoms with Gasteiger partial charge in [0.2, 0.25) is 0 Å². The fourth-order valence-corrected chi connectivity index (χ4v) is 2.40. The topological polar surface area (TPSA) is 36.0 Å². The van der Waals surface area contributed by atoms with E-state index in [0.29, 0.717) is 5.56 Å². The van der Waals surface area contributed by atoms with Crippen molar-refractivity contribution in [3.05, 3.63) is 70.6 Å². The van der Waals surface area contributed by atoms with Crippen LogP contribution in [-0.4, -0.2) is 10.1 Å². The number of fused-ring (bicyclic) bond motifs is 1. The van der Waals surface area contributed by atoms with Gasteiger partial charge in [0.1, 0.15) is 11.9 Å². The minimum atomic E-state index is -0.836. The summed E-state index contributed by atoms with van der Waals surface area (Å²) in [7, 11) is 0. The van der Waals surface area contributed by atoms with E-state index in [-0.39, 0.29) is 5.02 Å². The molecule has 1 aromatic heterocycles. The van der Waals surface area contributed by atoms with Crippen LogP contribution < -0.4 is 0 Å². The fourth-order valence-electron chi connectivity index (χ4n) is 2.21. The number of aliphatic hydroxyl groups is 1. The number of H-pyrrole nitrogens is 1.